The maximum atomic E-state index is 11.9. The highest BCUT2D eigenvalue weighted by atomic mass is 32.1. The fraction of sp³-hybridized carbons (Fsp3) is 0.0714. The van der Waals surface area contributed by atoms with Crippen LogP contribution in [0.3, 0.4) is 0 Å². The number of hydrogen-bond acceptors (Lipinski definition) is 7. The van der Waals surface area contributed by atoms with Gasteiger partial charge in [0.1, 0.15) is 16.5 Å². The number of nitro benzene ring substituents is 1. The smallest absolute Gasteiger partial charge is 0.337 e. The lowest BCUT2D eigenvalue weighted by atomic mass is 10.1. The minimum Gasteiger partial charge on any atom is -0.465 e. The average molecular weight is 497 g/mol. The Hall–Kier alpha value is -4.56. The van der Waals surface area contributed by atoms with E-state index < -0.39 is 10.9 Å². The average Bonchev–Trinajstić information content (AvgIpc) is 3.57. The SMILES string of the molecule is COC(=O)c1ccc(-c2sc(-c3cccc([N+](=O)[O-])c3)nc2-c2ccc(-c3ccc(C)cc3)o2)cc1. The third-order valence-corrected chi connectivity index (χ3v) is 6.83. The number of methoxy groups -OCH3 is 1. The van der Waals surface area contributed by atoms with Crippen LogP contribution in [0.15, 0.2) is 89.3 Å². The van der Waals surface area contributed by atoms with E-state index in [2.05, 4.69) is 0 Å². The number of aromatic nitrogens is 1. The quantitative estimate of drug-likeness (QED) is 0.138. The monoisotopic (exact) mass is 496 g/mol. The molecule has 2 aromatic heterocycles. The predicted octanol–water partition coefficient (Wildman–Crippen LogP) is 7.41. The highest BCUT2D eigenvalue weighted by molar-refractivity contribution is 7.19. The largest absolute Gasteiger partial charge is 0.465 e. The number of carbonyl (C=O) groups excluding carboxylic acids is 1. The molecule has 0 atom stereocenters. The van der Waals surface area contributed by atoms with Crippen molar-refractivity contribution in [2.45, 2.75) is 6.92 Å². The first-order chi connectivity index (χ1) is 17.4. The minimum atomic E-state index is -0.426. The van der Waals surface area contributed by atoms with Crippen LogP contribution in [0.2, 0.25) is 0 Å². The minimum absolute atomic E-state index is 0.00659. The summed E-state index contributed by atoms with van der Waals surface area (Å²) in [6, 6.07) is 25.2. The summed E-state index contributed by atoms with van der Waals surface area (Å²) in [6.07, 6.45) is 0. The standard InChI is InChI=1S/C28H20N2O5S/c1-17-6-8-18(9-7-17)23-14-15-24(35-23)25-26(19-10-12-20(13-11-19)28(31)34-2)36-27(29-25)21-4-3-5-22(16-21)30(32)33/h3-16H,1-2H3. The molecular formula is C28H20N2O5S. The Morgan fingerprint density at radius 2 is 1.61 bits per heavy atom. The molecule has 0 amide bonds. The van der Waals surface area contributed by atoms with Crippen LogP contribution in [-0.4, -0.2) is 23.0 Å². The van der Waals surface area contributed by atoms with Gasteiger partial charge in [0.2, 0.25) is 0 Å². The van der Waals surface area contributed by atoms with E-state index in [1.165, 1.54) is 30.6 Å². The number of carbonyl (C=O) groups is 1. The molecule has 0 bridgehead atoms. The first kappa shape index (κ1) is 23.2. The van der Waals surface area contributed by atoms with Crippen molar-refractivity contribution in [1.82, 2.24) is 4.98 Å². The second-order valence-corrected chi connectivity index (χ2v) is 9.10. The molecule has 0 saturated heterocycles. The fourth-order valence-corrected chi connectivity index (χ4v) is 4.84. The lowest BCUT2D eigenvalue weighted by molar-refractivity contribution is -0.384. The Bertz CT molecular complexity index is 1570. The first-order valence-corrected chi connectivity index (χ1v) is 11.9. The highest BCUT2D eigenvalue weighted by Crippen LogP contribution is 2.42. The number of thiazole rings is 1. The fourth-order valence-electron chi connectivity index (χ4n) is 3.77. The van der Waals surface area contributed by atoms with Crippen molar-refractivity contribution in [3.8, 4) is 43.8 Å². The van der Waals surface area contributed by atoms with Crippen LogP contribution in [0.5, 0.6) is 0 Å². The summed E-state index contributed by atoms with van der Waals surface area (Å²) in [4.78, 5) is 28.4. The van der Waals surface area contributed by atoms with Crippen LogP contribution >= 0.6 is 11.3 Å². The Morgan fingerprint density at radius 1 is 0.917 bits per heavy atom. The van der Waals surface area contributed by atoms with E-state index in [-0.39, 0.29) is 5.69 Å². The summed E-state index contributed by atoms with van der Waals surface area (Å²) >= 11 is 1.40. The molecule has 0 radical (unpaired) electrons. The molecule has 8 heteroatoms. The number of ether oxygens (including phenoxy) is 1. The van der Waals surface area contributed by atoms with Crippen molar-refractivity contribution < 1.29 is 18.9 Å². The van der Waals surface area contributed by atoms with Crippen molar-refractivity contribution in [3.63, 3.8) is 0 Å². The van der Waals surface area contributed by atoms with E-state index in [4.69, 9.17) is 14.1 Å². The molecular weight excluding hydrogens is 476 g/mol. The van der Waals surface area contributed by atoms with E-state index in [0.29, 0.717) is 33.3 Å². The van der Waals surface area contributed by atoms with Crippen LogP contribution in [-0.2, 0) is 4.74 Å². The number of nitrogens with zero attached hydrogens (tertiary/aromatic N) is 2. The van der Waals surface area contributed by atoms with Crippen LogP contribution in [0.4, 0.5) is 5.69 Å². The molecule has 0 aliphatic carbocycles. The van der Waals surface area contributed by atoms with Crippen LogP contribution in [0, 0.1) is 17.0 Å². The van der Waals surface area contributed by atoms with Crippen molar-refractivity contribution in [2.75, 3.05) is 7.11 Å². The molecule has 0 spiro atoms. The molecule has 5 rings (SSSR count). The lowest BCUT2D eigenvalue weighted by Gasteiger charge is -2.03. The second kappa shape index (κ2) is 9.59. The van der Waals surface area contributed by atoms with E-state index in [1.807, 2.05) is 55.5 Å². The summed E-state index contributed by atoms with van der Waals surface area (Å²) in [5.41, 5.74) is 4.62. The predicted molar refractivity (Wildman–Crippen MR) is 139 cm³/mol. The molecule has 0 N–H and O–H groups in total. The van der Waals surface area contributed by atoms with Gasteiger partial charge in [-0.05, 0) is 36.8 Å². The molecule has 0 fully saturated rings. The van der Waals surface area contributed by atoms with E-state index in [1.54, 1.807) is 24.3 Å². The van der Waals surface area contributed by atoms with Gasteiger partial charge in [-0.3, -0.25) is 10.1 Å². The van der Waals surface area contributed by atoms with Crippen molar-refractivity contribution in [2.24, 2.45) is 0 Å². The third kappa shape index (κ3) is 4.54. The van der Waals surface area contributed by atoms with Gasteiger partial charge in [0, 0.05) is 23.3 Å². The number of hydrogen-bond donors (Lipinski definition) is 0. The number of nitro groups is 1. The summed E-state index contributed by atoms with van der Waals surface area (Å²) in [6.45, 7) is 2.03. The van der Waals surface area contributed by atoms with Crippen molar-refractivity contribution >= 4 is 23.0 Å². The maximum Gasteiger partial charge on any atom is 0.337 e. The number of esters is 1. The zero-order valence-electron chi connectivity index (χ0n) is 19.4. The highest BCUT2D eigenvalue weighted by Gasteiger charge is 2.21. The normalized spacial score (nSPS) is 10.8. The first-order valence-electron chi connectivity index (χ1n) is 11.0. The van der Waals surface area contributed by atoms with Gasteiger partial charge in [-0.2, -0.15) is 0 Å². The molecule has 5 aromatic rings. The van der Waals surface area contributed by atoms with Gasteiger partial charge in [-0.15, -0.1) is 11.3 Å². The second-order valence-electron chi connectivity index (χ2n) is 8.10. The van der Waals surface area contributed by atoms with Crippen molar-refractivity contribution in [1.29, 1.82) is 0 Å². The Balaban J connectivity index is 1.62. The topological polar surface area (TPSA) is 95.5 Å². The van der Waals surface area contributed by atoms with Gasteiger partial charge in [0.15, 0.2) is 5.76 Å². The zero-order valence-corrected chi connectivity index (χ0v) is 20.2. The number of benzene rings is 3. The number of rotatable bonds is 6. The molecule has 178 valence electrons. The third-order valence-electron chi connectivity index (χ3n) is 5.67. The molecule has 2 heterocycles. The van der Waals surface area contributed by atoms with E-state index in [0.717, 1.165) is 21.6 Å². The van der Waals surface area contributed by atoms with E-state index >= 15 is 0 Å². The zero-order chi connectivity index (χ0) is 25.2. The Labute approximate surface area is 210 Å². The van der Waals surface area contributed by atoms with Gasteiger partial charge in [-0.1, -0.05) is 54.1 Å². The molecule has 7 nitrogen and oxygen atoms in total. The lowest BCUT2D eigenvalue weighted by Crippen LogP contribution is -2.00. The van der Waals surface area contributed by atoms with Crippen molar-refractivity contribution in [3.05, 3.63) is 106 Å². The summed E-state index contributed by atoms with van der Waals surface area (Å²) < 4.78 is 11.0. The summed E-state index contributed by atoms with van der Waals surface area (Å²) in [5.74, 6) is 0.865. The number of aryl methyl sites for hydroxylation is 1. The van der Waals surface area contributed by atoms with Crippen LogP contribution in [0.1, 0.15) is 15.9 Å². The summed E-state index contributed by atoms with van der Waals surface area (Å²) in [7, 11) is 1.34. The number of furan rings is 1. The van der Waals surface area contributed by atoms with Crippen LogP contribution in [0.25, 0.3) is 43.8 Å². The van der Waals surface area contributed by atoms with Gasteiger partial charge >= 0.3 is 5.97 Å². The molecule has 3 aromatic carbocycles. The van der Waals surface area contributed by atoms with Gasteiger partial charge in [-0.25, -0.2) is 9.78 Å². The van der Waals surface area contributed by atoms with Gasteiger partial charge in [0.25, 0.3) is 5.69 Å². The Morgan fingerprint density at radius 3 is 2.31 bits per heavy atom. The molecule has 36 heavy (non-hydrogen) atoms. The molecule has 0 saturated carbocycles. The Kier molecular flexibility index (Phi) is 6.18. The van der Waals surface area contributed by atoms with Gasteiger partial charge < -0.3 is 9.15 Å². The summed E-state index contributed by atoms with van der Waals surface area (Å²) in [5, 5.41) is 11.9. The van der Waals surface area contributed by atoms with E-state index in [9.17, 15) is 14.9 Å². The van der Waals surface area contributed by atoms with Crippen LogP contribution < -0.4 is 0 Å². The maximum absolute atomic E-state index is 11.9. The number of non-ortho nitro benzene ring substituents is 1. The van der Waals surface area contributed by atoms with Gasteiger partial charge in [0.05, 0.1) is 22.5 Å². The molecule has 0 aliphatic heterocycles. The molecule has 0 aliphatic rings. The molecule has 0 unspecified atom stereocenters.